The fourth-order valence-electron chi connectivity index (χ4n) is 1.72. The summed E-state index contributed by atoms with van der Waals surface area (Å²) in [6, 6.07) is 5.67. The zero-order valence-electron chi connectivity index (χ0n) is 12.1. The standard InChI is InChI=1S/C14H21N3O3/c1-10(2)13(15)8-9-16(3)14(18)11-4-6-12(7-5-11)17(19)20/h4-7,10,13H,8-9,15H2,1-3H3. The van der Waals surface area contributed by atoms with Gasteiger partial charge in [-0.25, -0.2) is 0 Å². The Hall–Kier alpha value is -1.95. The molecule has 0 spiro atoms. The summed E-state index contributed by atoms with van der Waals surface area (Å²) >= 11 is 0. The maximum absolute atomic E-state index is 12.1. The number of non-ortho nitro benzene ring substituents is 1. The summed E-state index contributed by atoms with van der Waals surface area (Å²) in [6.45, 7) is 4.65. The number of carbonyl (C=O) groups is 1. The van der Waals surface area contributed by atoms with E-state index in [0.29, 0.717) is 18.0 Å². The number of hydrogen-bond donors (Lipinski definition) is 1. The highest BCUT2D eigenvalue weighted by atomic mass is 16.6. The molecular weight excluding hydrogens is 258 g/mol. The maximum atomic E-state index is 12.1. The average Bonchev–Trinajstić information content (AvgIpc) is 2.43. The third-order valence-corrected chi connectivity index (χ3v) is 3.33. The van der Waals surface area contributed by atoms with E-state index in [1.165, 1.54) is 24.3 Å². The van der Waals surface area contributed by atoms with Crippen LogP contribution in [0.4, 0.5) is 5.69 Å². The Balaban J connectivity index is 2.62. The number of benzene rings is 1. The predicted octanol–water partition coefficient (Wildman–Crippen LogP) is 2.04. The second-order valence-electron chi connectivity index (χ2n) is 5.23. The van der Waals surface area contributed by atoms with Crippen molar-refractivity contribution in [2.45, 2.75) is 26.3 Å². The number of amides is 1. The highest BCUT2D eigenvalue weighted by molar-refractivity contribution is 5.94. The molecule has 0 heterocycles. The van der Waals surface area contributed by atoms with Gasteiger partial charge in [-0.15, -0.1) is 0 Å². The molecule has 0 aliphatic heterocycles. The van der Waals surface area contributed by atoms with Crippen molar-refractivity contribution in [3.63, 3.8) is 0 Å². The number of nitrogens with two attached hydrogens (primary N) is 1. The van der Waals surface area contributed by atoms with Crippen molar-refractivity contribution in [1.29, 1.82) is 0 Å². The fourth-order valence-corrected chi connectivity index (χ4v) is 1.72. The average molecular weight is 279 g/mol. The summed E-state index contributed by atoms with van der Waals surface area (Å²) in [5, 5.41) is 10.6. The Morgan fingerprint density at radius 1 is 1.35 bits per heavy atom. The first-order valence-corrected chi connectivity index (χ1v) is 6.58. The summed E-state index contributed by atoms with van der Waals surface area (Å²) in [5.41, 5.74) is 6.36. The smallest absolute Gasteiger partial charge is 0.269 e. The van der Waals surface area contributed by atoms with E-state index in [-0.39, 0.29) is 17.6 Å². The Morgan fingerprint density at radius 3 is 2.35 bits per heavy atom. The normalized spacial score (nSPS) is 12.2. The van der Waals surface area contributed by atoms with Crippen LogP contribution >= 0.6 is 0 Å². The van der Waals surface area contributed by atoms with Crippen LogP contribution in [0.15, 0.2) is 24.3 Å². The van der Waals surface area contributed by atoms with Crippen molar-refractivity contribution in [3.05, 3.63) is 39.9 Å². The summed E-state index contributed by atoms with van der Waals surface area (Å²) in [7, 11) is 1.71. The molecule has 110 valence electrons. The van der Waals surface area contributed by atoms with E-state index in [9.17, 15) is 14.9 Å². The molecule has 1 aromatic rings. The first kappa shape index (κ1) is 16.1. The molecule has 0 saturated heterocycles. The monoisotopic (exact) mass is 279 g/mol. The largest absolute Gasteiger partial charge is 0.342 e. The van der Waals surface area contributed by atoms with Gasteiger partial charge in [-0.05, 0) is 24.5 Å². The van der Waals surface area contributed by atoms with Gasteiger partial charge in [-0.3, -0.25) is 14.9 Å². The summed E-state index contributed by atoms with van der Waals surface area (Å²) < 4.78 is 0. The van der Waals surface area contributed by atoms with Crippen LogP contribution in [0.3, 0.4) is 0 Å². The van der Waals surface area contributed by atoms with Crippen LogP contribution in [-0.4, -0.2) is 35.4 Å². The molecule has 1 atom stereocenters. The van der Waals surface area contributed by atoms with Gasteiger partial charge in [-0.2, -0.15) is 0 Å². The zero-order valence-corrected chi connectivity index (χ0v) is 12.1. The number of nitro groups is 1. The number of rotatable bonds is 6. The van der Waals surface area contributed by atoms with Gasteiger partial charge in [0.05, 0.1) is 4.92 Å². The molecule has 6 nitrogen and oxygen atoms in total. The van der Waals surface area contributed by atoms with Crippen LogP contribution in [0.5, 0.6) is 0 Å². The lowest BCUT2D eigenvalue weighted by atomic mass is 10.0. The Bertz CT molecular complexity index is 471. The Morgan fingerprint density at radius 2 is 1.90 bits per heavy atom. The highest BCUT2D eigenvalue weighted by Gasteiger charge is 2.15. The van der Waals surface area contributed by atoms with Gasteiger partial charge in [0.1, 0.15) is 0 Å². The summed E-state index contributed by atoms with van der Waals surface area (Å²) in [5.74, 6) is 0.216. The number of nitrogens with zero attached hydrogens (tertiary/aromatic N) is 2. The van der Waals surface area contributed by atoms with Gasteiger partial charge < -0.3 is 10.6 Å². The minimum absolute atomic E-state index is 0.0222. The second-order valence-corrected chi connectivity index (χ2v) is 5.23. The molecule has 0 aromatic heterocycles. The molecule has 0 aliphatic rings. The van der Waals surface area contributed by atoms with E-state index in [1.807, 2.05) is 13.8 Å². The van der Waals surface area contributed by atoms with Crippen LogP contribution in [0.25, 0.3) is 0 Å². The van der Waals surface area contributed by atoms with E-state index < -0.39 is 4.92 Å². The van der Waals surface area contributed by atoms with Crippen molar-refractivity contribution in [1.82, 2.24) is 4.90 Å². The van der Waals surface area contributed by atoms with Gasteiger partial charge in [0.25, 0.3) is 11.6 Å². The molecule has 0 radical (unpaired) electrons. The van der Waals surface area contributed by atoms with Crippen LogP contribution in [0, 0.1) is 16.0 Å². The maximum Gasteiger partial charge on any atom is 0.269 e. The van der Waals surface area contributed by atoms with E-state index in [4.69, 9.17) is 5.73 Å². The molecule has 0 aliphatic carbocycles. The van der Waals surface area contributed by atoms with E-state index in [0.717, 1.165) is 6.42 Å². The second kappa shape index (κ2) is 7.00. The van der Waals surface area contributed by atoms with Crippen molar-refractivity contribution < 1.29 is 9.72 Å². The minimum atomic E-state index is -0.486. The molecule has 20 heavy (non-hydrogen) atoms. The molecule has 2 N–H and O–H groups in total. The van der Waals surface area contributed by atoms with E-state index >= 15 is 0 Å². The van der Waals surface area contributed by atoms with Crippen molar-refractivity contribution in [2.24, 2.45) is 11.7 Å². The molecule has 1 unspecified atom stereocenters. The lowest BCUT2D eigenvalue weighted by Gasteiger charge is -2.21. The predicted molar refractivity (Wildman–Crippen MR) is 77.5 cm³/mol. The fraction of sp³-hybridized carbons (Fsp3) is 0.500. The van der Waals surface area contributed by atoms with Gasteiger partial charge in [0.15, 0.2) is 0 Å². The van der Waals surface area contributed by atoms with E-state index in [2.05, 4.69) is 0 Å². The lowest BCUT2D eigenvalue weighted by molar-refractivity contribution is -0.384. The van der Waals surface area contributed by atoms with Crippen LogP contribution in [0.1, 0.15) is 30.6 Å². The number of nitro benzene ring substituents is 1. The minimum Gasteiger partial charge on any atom is -0.342 e. The molecule has 1 aromatic carbocycles. The van der Waals surface area contributed by atoms with Crippen LogP contribution < -0.4 is 5.73 Å². The SMILES string of the molecule is CC(C)C(N)CCN(C)C(=O)c1ccc([N+](=O)[O-])cc1. The molecular formula is C14H21N3O3. The molecule has 0 bridgehead atoms. The van der Waals surface area contributed by atoms with Crippen molar-refractivity contribution in [3.8, 4) is 0 Å². The first-order chi connectivity index (χ1) is 9.32. The van der Waals surface area contributed by atoms with Gasteiger partial charge in [0, 0.05) is 37.3 Å². The van der Waals surface area contributed by atoms with Gasteiger partial charge >= 0.3 is 0 Å². The van der Waals surface area contributed by atoms with E-state index in [1.54, 1.807) is 11.9 Å². The Kier molecular flexibility index (Phi) is 5.64. The highest BCUT2D eigenvalue weighted by Crippen LogP contribution is 2.13. The lowest BCUT2D eigenvalue weighted by Crippen LogP contribution is -2.34. The molecule has 0 saturated carbocycles. The van der Waals surface area contributed by atoms with Crippen LogP contribution in [0.2, 0.25) is 0 Å². The summed E-state index contributed by atoms with van der Waals surface area (Å²) in [4.78, 5) is 23.8. The topological polar surface area (TPSA) is 89.5 Å². The first-order valence-electron chi connectivity index (χ1n) is 6.58. The van der Waals surface area contributed by atoms with Crippen molar-refractivity contribution >= 4 is 11.6 Å². The molecule has 6 heteroatoms. The summed E-state index contributed by atoms with van der Waals surface area (Å²) in [6.07, 6.45) is 0.729. The van der Waals surface area contributed by atoms with Gasteiger partial charge in [0.2, 0.25) is 0 Å². The quantitative estimate of drug-likeness (QED) is 0.637. The number of carbonyl (C=O) groups excluding carboxylic acids is 1. The molecule has 1 amide bonds. The number of hydrogen-bond acceptors (Lipinski definition) is 4. The third kappa shape index (κ3) is 4.31. The van der Waals surface area contributed by atoms with Crippen molar-refractivity contribution in [2.75, 3.05) is 13.6 Å². The Labute approximate surface area is 118 Å². The van der Waals surface area contributed by atoms with Crippen LogP contribution in [-0.2, 0) is 0 Å². The molecule has 1 rings (SSSR count). The third-order valence-electron chi connectivity index (χ3n) is 3.33. The van der Waals surface area contributed by atoms with Gasteiger partial charge in [-0.1, -0.05) is 13.8 Å². The molecule has 0 fully saturated rings. The zero-order chi connectivity index (χ0) is 15.3.